The van der Waals surface area contributed by atoms with Gasteiger partial charge in [0.05, 0.1) is 11.8 Å². The van der Waals surface area contributed by atoms with E-state index in [9.17, 15) is 19.5 Å². The van der Waals surface area contributed by atoms with Crippen LogP contribution in [0.3, 0.4) is 0 Å². The fraction of sp³-hybridized carbons (Fsp3) is 0.400. The molecular weight excluding hydrogens is 406 g/mol. The number of anilines is 1. The van der Waals surface area contributed by atoms with E-state index in [2.05, 4.69) is 10.6 Å². The molecule has 0 radical (unpaired) electrons. The van der Waals surface area contributed by atoms with Crippen molar-refractivity contribution >= 4 is 23.4 Å². The summed E-state index contributed by atoms with van der Waals surface area (Å²) in [5.41, 5.74) is 1.31. The maximum absolute atomic E-state index is 13.7. The SMILES string of the molecule is Cc1ccc2c(c1)[C@]1(N[C@@H](Cc3ccc(O)cc3)[C@H]3C(=O)N(C(C)(C)C)C(=O)[C@H]31)C(=O)N2. The number of nitrogens with zero attached hydrogens (tertiary/aromatic N) is 1. The number of likely N-dealkylation sites (tertiary alicyclic amines) is 1. The van der Waals surface area contributed by atoms with Gasteiger partial charge in [0.15, 0.2) is 0 Å². The van der Waals surface area contributed by atoms with Crippen molar-refractivity contribution in [2.75, 3.05) is 5.32 Å². The number of carbonyl (C=O) groups excluding carboxylic acids is 3. The van der Waals surface area contributed by atoms with Gasteiger partial charge in [-0.3, -0.25) is 24.6 Å². The number of benzene rings is 2. The molecule has 0 aromatic heterocycles. The molecule has 0 bridgehead atoms. The first-order valence-corrected chi connectivity index (χ1v) is 10.9. The Balaban J connectivity index is 1.66. The minimum atomic E-state index is -1.29. The van der Waals surface area contributed by atoms with Crippen LogP contribution in [0.1, 0.15) is 37.5 Å². The van der Waals surface area contributed by atoms with Gasteiger partial charge in [-0.2, -0.15) is 0 Å². The third kappa shape index (κ3) is 2.73. The summed E-state index contributed by atoms with van der Waals surface area (Å²) in [6, 6.07) is 12.1. The van der Waals surface area contributed by atoms with E-state index in [1.54, 1.807) is 24.3 Å². The zero-order chi connectivity index (χ0) is 23.0. The second kappa shape index (κ2) is 6.65. The molecule has 5 rings (SSSR count). The first-order chi connectivity index (χ1) is 15.0. The van der Waals surface area contributed by atoms with Crippen LogP contribution in [0.15, 0.2) is 42.5 Å². The molecule has 7 nitrogen and oxygen atoms in total. The van der Waals surface area contributed by atoms with Crippen molar-refractivity contribution in [2.45, 2.75) is 51.2 Å². The quantitative estimate of drug-likeness (QED) is 0.632. The summed E-state index contributed by atoms with van der Waals surface area (Å²) in [5, 5.41) is 16.0. The van der Waals surface area contributed by atoms with Crippen molar-refractivity contribution in [3.05, 3.63) is 59.2 Å². The summed E-state index contributed by atoms with van der Waals surface area (Å²) in [6.45, 7) is 7.46. The van der Waals surface area contributed by atoms with E-state index in [1.807, 2.05) is 45.9 Å². The molecule has 3 heterocycles. The maximum atomic E-state index is 13.7. The smallest absolute Gasteiger partial charge is 0.250 e. The average molecular weight is 434 g/mol. The minimum absolute atomic E-state index is 0.160. The highest BCUT2D eigenvalue weighted by Gasteiger charge is 2.71. The molecule has 2 aromatic carbocycles. The largest absolute Gasteiger partial charge is 0.508 e. The number of carbonyl (C=O) groups is 3. The van der Waals surface area contributed by atoms with Gasteiger partial charge in [0.2, 0.25) is 17.7 Å². The molecule has 166 valence electrons. The van der Waals surface area contributed by atoms with Gasteiger partial charge in [-0.15, -0.1) is 0 Å². The highest BCUT2D eigenvalue weighted by molar-refractivity contribution is 6.15. The van der Waals surface area contributed by atoms with Crippen molar-refractivity contribution in [3.63, 3.8) is 0 Å². The van der Waals surface area contributed by atoms with Crippen LogP contribution in [0.5, 0.6) is 5.75 Å². The molecule has 7 heteroatoms. The number of aryl methyl sites for hydroxylation is 1. The van der Waals surface area contributed by atoms with Crippen molar-refractivity contribution < 1.29 is 19.5 Å². The Kier molecular flexibility index (Phi) is 4.30. The lowest BCUT2D eigenvalue weighted by molar-refractivity contribution is -0.147. The monoisotopic (exact) mass is 433 g/mol. The molecule has 0 unspecified atom stereocenters. The van der Waals surface area contributed by atoms with Crippen molar-refractivity contribution in [1.82, 2.24) is 10.2 Å². The summed E-state index contributed by atoms with van der Waals surface area (Å²) in [4.78, 5) is 42.2. The Morgan fingerprint density at radius 1 is 1.03 bits per heavy atom. The summed E-state index contributed by atoms with van der Waals surface area (Å²) in [5.74, 6) is -2.16. The number of aromatic hydroxyl groups is 1. The van der Waals surface area contributed by atoms with Gasteiger partial charge in [-0.1, -0.05) is 29.8 Å². The lowest BCUT2D eigenvalue weighted by Crippen LogP contribution is -2.56. The Hall–Kier alpha value is -3.19. The van der Waals surface area contributed by atoms with Crippen molar-refractivity contribution in [1.29, 1.82) is 0 Å². The molecule has 2 fully saturated rings. The van der Waals surface area contributed by atoms with E-state index in [0.29, 0.717) is 12.1 Å². The van der Waals surface area contributed by atoms with Crippen LogP contribution in [0, 0.1) is 18.8 Å². The molecule has 2 aromatic rings. The molecule has 32 heavy (non-hydrogen) atoms. The first-order valence-electron chi connectivity index (χ1n) is 10.9. The molecule has 0 aliphatic carbocycles. The average Bonchev–Trinajstić information content (AvgIpc) is 3.28. The number of hydrogen-bond donors (Lipinski definition) is 3. The zero-order valence-corrected chi connectivity index (χ0v) is 18.6. The summed E-state index contributed by atoms with van der Waals surface area (Å²) < 4.78 is 0. The third-order valence-electron chi connectivity index (χ3n) is 6.93. The van der Waals surface area contributed by atoms with Crippen LogP contribution in [-0.4, -0.2) is 39.3 Å². The number of nitrogens with one attached hydrogen (secondary N) is 2. The van der Waals surface area contributed by atoms with Crippen LogP contribution < -0.4 is 10.6 Å². The minimum Gasteiger partial charge on any atom is -0.508 e. The van der Waals surface area contributed by atoms with E-state index in [0.717, 1.165) is 16.7 Å². The highest BCUT2D eigenvalue weighted by Crippen LogP contribution is 2.54. The normalized spacial score (nSPS) is 28.9. The number of fused-ring (bicyclic) bond motifs is 4. The molecule has 1 spiro atoms. The Bertz CT molecular complexity index is 1150. The fourth-order valence-electron chi connectivity index (χ4n) is 5.64. The van der Waals surface area contributed by atoms with E-state index < -0.39 is 29.0 Å². The molecule has 3 N–H and O–H groups in total. The lowest BCUT2D eigenvalue weighted by Gasteiger charge is -2.34. The van der Waals surface area contributed by atoms with E-state index in [1.165, 1.54) is 4.90 Å². The Morgan fingerprint density at radius 2 is 1.72 bits per heavy atom. The first kappa shape index (κ1) is 20.7. The predicted octanol–water partition coefficient (Wildman–Crippen LogP) is 2.46. The van der Waals surface area contributed by atoms with E-state index >= 15 is 0 Å². The molecule has 3 aliphatic heterocycles. The van der Waals surface area contributed by atoms with Gasteiger partial charge in [-0.25, -0.2) is 0 Å². The van der Waals surface area contributed by atoms with Gasteiger partial charge in [0, 0.05) is 22.8 Å². The highest BCUT2D eigenvalue weighted by atomic mass is 16.3. The number of hydrogen-bond acceptors (Lipinski definition) is 5. The molecule has 3 aliphatic rings. The molecule has 3 amide bonds. The molecule has 2 saturated heterocycles. The Labute approximate surface area is 186 Å². The van der Waals surface area contributed by atoms with Crippen LogP contribution in [0.4, 0.5) is 5.69 Å². The number of imide groups is 1. The fourth-order valence-corrected chi connectivity index (χ4v) is 5.64. The van der Waals surface area contributed by atoms with E-state index in [4.69, 9.17) is 0 Å². The number of phenols is 1. The second-order valence-corrected chi connectivity index (χ2v) is 10.1. The van der Waals surface area contributed by atoms with Crippen LogP contribution in [0.2, 0.25) is 0 Å². The number of phenolic OH excluding ortho intramolecular Hbond substituents is 1. The van der Waals surface area contributed by atoms with Gasteiger partial charge in [-0.05, 0) is 57.9 Å². The molecular formula is C25H27N3O4. The number of amides is 3. The summed E-state index contributed by atoms with van der Waals surface area (Å²) in [7, 11) is 0. The summed E-state index contributed by atoms with van der Waals surface area (Å²) in [6.07, 6.45) is 0.453. The topological polar surface area (TPSA) is 98.7 Å². The van der Waals surface area contributed by atoms with Crippen LogP contribution >= 0.6 is 0 Å². The van der Waals surface area contributed by atoms with E-state index in [-0.39, 0.29) is 23.5 Å². The van der Waals surface area contributed by atoms with Gasteiger partial charge in [0.25, 0.3) is 0 Å². The standard InChI is InChI=1S/C25H27N3O4/c1-13-5-10-17-16(11-13)25(23(32)26-17)20-19(21(30)28(22(20)31)24(2,3)4)18(27-25)12-14-6-8-15(29)9-7-14/h5-11,18-20,27,29H,12H2,1-4H3,(H,26,32)/t18-,19+,20-,25+/m0/s1. The van der Waals surface area contributed by atoms with Gasteiger partial charge >= 0.3 is 0 Å². The van der Waals surface area contributed by atoms with Crippen LogP contribution in [-0.2, 0) is 26.3 Å². The summed E-state index contributed by atoms with van der Waals surface area (Å²) >= 11 is 0. The maximum Gasteiger partial charge on any atom is 0.250 e. The molecule has 0 saturated carbocycles. The van der Waals surface area contributed by atoms with Crippen molar-refractivity contribution in [3.8, 4) is 5.75 Å². The zero-order valence-electron chi connectivity index (χ0n) is 18.6. The van der Waals surface area contributed by atoms with Crippen LogP contribution in [0.25, 0.3) is 0 Å². The van der Waals surface area contributed by atoms with Gasteiger partial charge in [0.1, 0.15) is 11.3 Å². The lowest BCUT2D eigenvalue weighted by atomic mass is 9.76. The Morgan fingerprint density at radius 3 is 2.38 bits per heavy atom. The third-order valence-corrected chi connectivity index (χ3v) is 6.93. The predicted molar refractivity (Wildman–Crippen MR) is 119 cm³/mol. The number of rotatable bonds is 2. The molecule has 4 atom stereocenters. The second-order valence-electron chi connectivity index (χ2n) is 10.1. The van der Waals surface area contributed by atoms with Crippen molar-refractivity contribution in [2.24, 2.45) is 11.8 Å². The van der Waals surface area contributed by atoms with Gasteiger partial charge < -0.3 is 10.4 Å².